The van der Waals surface area contributed by atoms with Crippen LogP contribution in [0.5, 0.6) is 11.5 Å². The Kier molecular flexibility index (Phi) is 4.93. The quantitative estimate of drug-likeness (QED) is 0.883. The maximum atomic E-state index is 12.5. The van der Waals surface area contributed by atoms with Gasteiger partial charge in [0.25, 0.3) is 0 Å². The summed E-state index contributed by atoms with van der Waals surface area (Å²) in [6.07, 6.45) is 2.31. The van der Waals surface area contributed by atoms with E-state index in [-0.39, 0.29) is 18.9 Å². The Morgan fingerprint density at radius 3 is 2.88 bits per heavy atom. The molecule has 0 spiro atoms. The highest BCUT2D eigenvalue weighted by Gasteiger charge is 2.18. The van der Waals surface area contributed by atoms with Crippen molar-refractivity contribution in [2.75, 3.05) is 13.3 Å². The monoisotopic (exact) mass is 330 g/mol. The number of benzene rings is 1. The van der Waals surface area contributed by atoms with Gasteiger partial charge >= 0.3 is 6.03 Å². The van der Waals surface area contributed by atoms with E-state index in [0.717, 1.165) is 22.8 Å². The van der Waals surface area contributed by atoms with Crippen molar-refractivity contribution >= 4 is 6.03 Å². The SMILES string of the molecule is CCN(Cc1ccc2c(c1)OCO2)C(=O)N[C@@H](C)Cc1ccco1. The number of hydrogen-bond acceptors (Lipinski definition) is 4. The van der Waals surface area contributed by atoms with Gasteiger partial charge in [-0.05, 0) is 43.7 Å². The van der Waals surface area contributed by atoms with Gasteiger partial charge < -0.3 is 24.1 Å². The molecule has 3 rings (SSSR count). The molecular weight excluding hydrogens is 308 g/mol. The summed E-state index contributed by atoms with van der Waals surface area (Å²) in [6.45, 7) is 5.32. The van der Waals surface area contributed by atoms with Gasteiger partial charge in [0.2, 0.25) is 6.79 Å². The number of urea groups is 1. The Hall–Kier alpha value is -2.63. The van der Waals surface area contributed by atoms with Crippen LogP contribution in [0.4, 0.5) is 4.79 Å². The number of hydrogen-bond donors (Lipinski definition) is 1. The standard InChI is InChI=1S/C18H22N2O4/c1-3-20(11-14-6-7-16-17(10-14)24-12-23-16)18(21)19-13(2)9-15-5-4-8-22-15/h4-8,10,13H,3,9,11-12H2,1-2H3,(H,19,21)/t13-/m0/s1. The number of amides is 2. The topological polar surface area (TPSA) is 63.9 Å². The zero-order valence-corrected chi connectivity index (χ0v) is 14.0. The van der Waals surface area contributed by atoms with Crippen molar-refractivity contribution < 1.29 is 18.7 Å². The normalized spacial score (nSPS) is 13.6. The molecule has 0 aliphatic carbocycles. The fourth-order valence-electron chi connectivity index (χ4n) is 2.67. The second-order valence-electron chi connectivity index (χ2n) is 5.84. The first-order valence-electron chi connectivity index (χ1n) is 8.12. The molecule has 0 unspecified atom stereocenters. The predicted octanol–water partition coefficient (Wildman–Crippen LogP) is 3.17. The number of carbonyl (C=O) groups excluding carboxylic acids is 1. The highest BCUT2D eigenvalue weighted by molar-refractivity contribution is 5.74. The van der Waals surface area contributed by atoms with Gasteiger partial charge in [-0.3, -0.25) is 0 Å². The number of rotatable bonds is 6. The highest BCUT2D eigenvalue weighted by atomic mass is 16.7. The molecule has 2 aromatic rings. The number of nitrogens with zero attached hydrogens (tertiary/aromatic N) is 1. The van der Waals surface area contributed by atoms with Crippen LogP contribution in [0.2, 0.25) is 0 Å². The molecule has 6 heteroatoms. The van der Waals surface area contributed by atoms with Crippen molar-refractivity contribution in [3.05, 3.63) is 47.9 Å². The summed E-state index contributed by atoms with van der Waals surface area (Å²) in [5.41, 5.74) is 1.01. The molecule has 0 saturated heterocycles. The summed E-state index contributed by atoms with van der Waals surface area (Å²) in [7, 11) is 0. The lowest BCUT2D eigenvalue weighted by molar-refractivity contribution is 0.173. The third-order valence-corrected chi connectivity index (χ3v) is 3.94. The molecule has 128 valence electrons. The van der Waals surface area contributed by atoms with E-state index in [9.17, 15) is 4.79 Å². The van der Waals surface area contributed by atoms with Crippen LogP contribution >= 0.6 is 0 Å². The first-order valence-corrected chi connectivity index (χ1v) is 8.12. The van der Waals surface area contributed by atoms with Gasteiger partial charge in [-0.1, -0.05) is 6.07 Å². The smallest absolute Gasteiger partial charge is 0.317 e. The average Bonchev–Trinajstić information content (AvgIpc) is 3.23. The number of nitrogens with one attached hydrogen (secondary N) is 1. The number of furan rings is 1. The van der Waals surface area contributed by atoms with Crippen LogP contribution < -0.4 is 14.8 Å². The number of fused-ring (bicyclic) bond motifs is 1. The molecule has 1 aliphatic rings. The molecule has 24 heavy (non-hydrogen) atoms. The summed E-state index contributed by atoms with van der Waals surface area (Å²) >= 11 is 0. The molecule has 0 saturated carbocycles. The van der Waals surface area contributed by atoms with Crippen molar-refractivity contribution in [1.29, 1.82) is 0 Å². The Balaban J connectivity index is 1.57. The first kappa shape index (κ1) is 16.2. The maximum absolute atomic E-state index is 12.5. The summed E-state index contributed by atoms with van der Waals surface area (Å²) in [5, 5.41) is 3.01. The van der Waals surface area contributed by atoms with Crippen LogP contribution in [0.25, 0.3) is 0 Å². The van der Waals surface area contributed by atoms with E-state index >= 15 is 0 Å². The Bertz CT molecular complexity index is 684. The van der Waals surface area contributed by atoms with Crippen molar-refractivity contribution in [1.82, 2.24) is 10.2 Å². The lowest BCUT2D eigenvalue weighted by Crippen LogP contribution is -2.44. The van der Waals surface area contributed by atoms with Gasteiger partial charge in [0, 0.05) is 25.6 Å². The van der Waals surface area contributed by atoms with E-state index < -0.39 is 0 Å². The minimum atomic E-state index is -0.0887. The van der Waals surface area contributed by atoms with Crippen LogP contribution in [0.3, 0.4) is 0 Å². The largest absolute Gasteiger partial charge is 0.469 e. The van der Waals surface area contributed by atoms with Crippen molar-refractivity contribution in [3.63, 3.8) is 0 Å². The maximum Gasteiger partial charge on any atom is 0.317 e. The van der Waals surface area contributed by atoms with Crippen LogP contribution in [-0.4, -0.2) is 30.3 Å². The molecule has 1 aromatic carbocycles. The van der Waals surface area contributed by atoms with Crippen molar-refractivity contribution in [3.8, 4) is 11.5 Å². The molecular formula is C18H22N2O4. The Morgan fingerprint density at radius 2 is 2.12 bits per heavy atom. The van der Waals surface area contributed by atoms with Crippen molar-refractivity contribution in [2.45, 2.75) is 32.9 Å². The summed E-state index contributed by atoms with van der Waals surface area (Å²) < 4.78 is 16.0. The summed E-state index contributed by atoms with van der Waals surface area (Å²) in [4.78, 5) is 14.2. The number of carbonyl (C=O) groups is 1. The summed E-state index contributed by atoms with van der Waals surface area (Å²) in [6, 6.07) is 9.42. The van der Waals surface area contributed by atoms with Gasteiger partial charge in [-0.25, -0.2) is 4.79 Å². The molecule has 2 amide bonds. The van der Waals surface area contributed by atoms with E-state index in [2.05, 4.69) is 5.32 Å². The van der Waals surface area contributed by atoms with E-state index in [1.807, 2.05) is 44.2 Å². The minimum absolute atomic E-state index is 0.00514. The molecule has 0 fully saturated rings. The van der Waals surface area contributed by atoms with Gasteiger partial charge in [0.05, 0.1) is 6.26 Å². The van der Waals surface area contributed by atoms with E-state index in [4.69, 9.17) is 13.9 Å². The molecule has 1 N–H and O–H groups in total. The molecule has 0 radical (unpaired) electrons. The second kappa shape index (κ2) is 7.29. The van der Waals surface area contributed by atoms with Crippen LogP contribution in [0, 0.1) is 0 Å². The predicted molar refractivity (Wildman–Crippen MR) is 89.1 cm³/mol. The molecule has 1 aliphatic heterocycles. The van der Waals surface area contributed by atoms with Crippen molar-refractivity contribution in [2.24, 2.45) is 0 Å². The van der Waals surface area contributed by atoms with Crippen LogP contribution in [0.15, 0.2) is 41.0 Å². The van der Waals surface area contributed by atoms with Crippen LogP contribution in [-0.2, 0) is 13.0 Å². The van der Waals surface area contributed by atoms with Gasteiger partial charge in [0.1, 0.15) is 5.76 Å². The Labute approximate surface area is 141 Å². The zero-order chi connectivity index (χ0) is 16.9. The van der Waals surface area contributed by atoms with Gasteiger partial charge in [-0.2, -0.15) is 0 Å². The average molecular weight is 330 g/mol. The fourth-order valence-corrected chi connectivity index (χ4v) is 2.67. The Morgan fingerprint density at radius 1 is 1.29 bits per heavy atom. The van der Waals surface area contributed by atoms with E-state index in [1.54, 1.807) is 11.2 Å². The highest BCUT2D eigenvalue weighted by Crippen LogP contribution is 2.32. The number of ether oxygens (including phenoxy) is 2. The van der Waals surface area contributed by atoms with E-state index in [0.29, 0.717) is 19.5 Å². The molecule has 1 atom stereocenters. The van der Waals surface area contributed by atoms with Crippen LogP contribution in [0.1, 0.15) is 25.2 Å². The summed E-state index contributed by atoms with van der Waals surface area (Å²) in [5.74, 6) is 2.34. The lowest BCUT2D eigenvalue weighted by atomic mass is 10.2. The van der Waals surface area contributed by atoms with Gasteiger partial charge in [0.15, 0.2) is 11.5 Å². The van der Waals surface area contributed by atoms with Gasteiger partial charge in [-0.15, -0.1) is 0 Å². The van der Waals surface area contributed by atoms with E-state index in [1.165, 1.54) is 0 Å². The third-order valence-electron chi connectivity index (χ3n) is 3.94. The molecule has 2 heterocycles. The second-order valence-corrected chi connectivity index (χ2v) is 5.84. The molecule has 1 aromatic heterocycles. The molecule has 6 nitrogen and oxygen atoms in total. The minimum Gasteiger partial charge on any atom is -0.469 e. The first-order chi connectivity index (χ1) is 11.7. The zero-order valence-electron chi connectivity index (χ0n) is 14.0. The third kappa shape index (κ3) is 3.82. The fraction of sp³-hybridized carbons (Fsp3) is 0.389. The molecule has 0 bridgehead atoms. The lowest BCUT2D eigenvalue weighted by Gasteiger charge is -2.24.